The van der Waals surface area contributed by atoms with Gasteiger partial charge >= 0.3 is 0 Å². The van der Waals surface area contributed by atoms with Crippen LogP contribution in [0.2, 0.25) is 0 Å². The largest absolute Gasteiger partial charge is 0.491 e. The van der Waals surface area contributed by atoms with Gasteiger partial charge < -0.3 is 20.5 Å². The molecule has 0 bridgehead atoms. The summed E-state index contributed by atoms with van der Waals surface area (Å²) in [5, 5.41) is 2.81. The fourth-order valence-corrected chi connectivity index (χ4v) is 1.55. The van der Waals surface area contributed by atoms with Gasteiger partial charge in [0.2, 0.25) is 0 Å². The zero-order valence-electron chi connectivity index (χ0n) is 11.6. The molecular weight excluding hydrogens is 244 g/mol. The number of hydrogen-bond acceptors (Lipinski definition) is 4. The standard InChI is InChI=1S/C14H22N2O3/c1-3-8-19-13-6-5-11(10-12(13)15)14(17)16-7-4-9-18-2/h5-6,10H,3-4,7-9,15H2,1-2H3,(H,16,17). The fourth-order valence-electron chi connectivity index (χ4n) is 1.55. The molecule has 0 aromatic heterocycles. The van der Waals surface area contributed by atoms with Gasteiger partial charge in [-0.3, -0.25) is 4.79 Å². The molecule has 5 nitrogen and oxygen atoms in total. The van der Waals surface area contributed by atoms with Crippen molar-refractivity contribution in [2.75, 3.05) is 32.6 Å². The van der Waals surface area contributed by atoms with E-state index >= 15 is 0 Å². The van der Waals surface area contributed by atoms with E-state index in [1.54, 1.807) is 25.3 Å². The van der Waals surface area contributed by atoms with Crippen LogP contribution in [0.1, 0.15) is 30.1 Å². The molecule has 5 heteroatoms. The van der Waals surface area contributed by atoms with Gasteiger partial charge in [-0.25, -0.2) is 0 Å². The zero-order valence-corrected chi connectivity index (χ0v) is 11.6. The normalized spacial score (nSPS) is 10.2. The Kier molecular flexibility index (Phi) is 6.74. The molecule has 0 atom stereocenters. The molecule has 1 amide bonds. The van der Waals surface area contributed by atoms with E-state index in [0.29, 0.717) is 36.8 Å². The molecule has 0 saturated carbocycles. The lowest BCUT2D eigenvalue weighted by atomic mass is 10.1. The summed E-state index contributed by atoms with van der Waals surface area (Å²) in [5.74, 6) is 0.489. The summed E-state index contributed by atoms with van der Waals surface area (Å²) in [7, 11) is 1.64. The van der Waals surface area contributed by atoms with Gasteiger partial charge in [0.1, 0.15) is 5.75 Å². The number of nitrogen functional groups attached to an aromatic ring is 1. The van der Waals surface area contributed by atoms with Gasteiger partial charge in [0.15, 0.2) is 0 Å². The van der Waals surface area contributed by atoms with Gasteiger partial charge in [-0.05, 0) is 31.0 Å². The predicted molar refractivity (Wildman–Crippen MR) is 75.5 cm³/mol. The van der Waals surface area contributed by atoms with E-state index in [9.17, 15) is 4.79 Å². The summed E-state index contributed by atoms with van der Waals surface area (Å²) in [6, 6.07) is 5.08. The summed E-state index contributed by atoms with van der Waals surface area (Å²) in [5.41, 5.74) is 6.88. The lowest BCUT2D eigenvalue weighted by molar-refractivity contribution is 0.0948. The number of ether oxygens (including phenoxy) is 2. The number of nitrogens with two attached hydrogens (primary N) is 1. The van der Waals surface area contributed by atoms with Crippen LogP contribution < -0.4 is 15.8 Å². The van der Waals surface area contributed by atoms with Gasteiger partial charge in [0, 0.05) is 25.8 Å². The molecule has 1 rings (SSSR count). The second-order valence-corrected chi connectivity index (χ2v) is 4.20. The summed E-state index contributed by atoms with van der Waals surface area (Å²) >= 11 is 0. The monoisotopic (exact) mass is 266 g/mol. The third-order valence-electron chi connectivity index (χ3n) is 2.54. The molecule has 0 radical (unpaired) electrons. The Morgan fingerprint density at radius 3 is 2.79 bits per heavy atom. The minimum absolute atomic E-state index is 0.134. The molecule has 1 aromatic rings. The number of nitrogens with one attached hydrogen (secondary N) is 1. The van der Waals surface area contributed by atoms with E-state index in [2.05, 4.69) is 5.32 Å². The van der Waals surface area contributed by atoms with Crippen molar-refractivity contribution in [1.29, 1.82) is 0 Å². The van der Waals surface area contributed by atoms with Crippen LogP contribution in [-0.4, -0.2) is 32.8 Å². The predicted octanol–water partition coefficient (Wildman–Crippen LogP) is 1.82. The number of hydrogen-bond donors (Lipinski definition) is 2. The molecule has 3 N–H and O–H groups in total. The smallest absolute Gasteiger partial charge is 0.251 e. The molecule has 19 heavy (non-hydrogen) atoms. The molecule has 0 heterocycles. The van der Waals surface area contributed by atoms with Crippen molar-refractivity contribution in [1.82, 2.24) is 5.32 Å². The number of anilines is 1. The Bertz CT molecular complexity index is 408. The summed E-state index contributed by atoms with van der Waals surface area (Å²) in [6.07, 6.45) is 1.70. The highest BCUT2D eigenvalue weighted by atomic mass is 16.5. The van der Waals surface area contributed by atoms with E-state index in [0.717, 1.165) is 12.8 Å². The average molecular weight is 266 g/mol. The molecule has 0 fully saturated rings. The lowest BCUT2D eigenvalue weighted by Gasteiger charge is -2.10. The van der Waals surface area contributed by atoms with E-state index in [-0.39, 0.29) is 5.91 Å². The summed E-state index contributed by atoms with van der Waals surface area (Å²) in [6.45, 7) is 3.86. The Morgan fingerprint density at radius 2 is 2.16 bits per heavy atom. The van der Waals surface area contributed by atoms with Gasteiger partial charge in [0.05, 0.1) is 12.3 Å². The summed E-state index contributed by atoms with van der Waals surface area (Å²) < 4.78 is 10.4. The fraction of sp³-hybridized carbons (Fsp3) is 0.500. The molecular formula is C14H22N2O3. The van der Waals surface area contributed by atoms with E-state index in [1.165, 1.54) is 0 Å². The second kappa shape index (κ2) is 8.37. The number of methoxy groups -OCH3 is 1. The van der Waals surface area contributed by atoms with Crippen molar-refractivity contribution >= 4 is 11.6 Å². The van der Waals surface area contributed by atoms with Gasteiger partial charge in [-0.1, -0.05) is 6.92 Å². The molecule has 0 aliphatic carbocycles. The van der Waals surface area contributed by atoms with Crippen molar-refractivity contribution in [2.45, 2.75) is 19.8 Å². The summed E-state index contributed by atoms with van der Waals surface area (Å²) in [4.78, 5) is 11.8. The SMILES string of the molecule is CCCOc1ccc(C(=O)NCCCOC)cc1N. The van der Waals surface area contributed by atoms with Crippen molar-refractivity contribution < 1.29 is 14.3 Å². The van der Waals surface area contributed by atoms with Crippen LogP contribution in [0.25, 0.3) is 0 Å². The first kappa shape index (κ1) is 15.3. The molecule has 0 aliphatic heterocycles. The zero-order chi connectivity index (χ0) is 14.1. The highest BCUT2D eigenvalue weighted by Gasteiger charge is 2.08. The van der Waals surface area contributed by atoms with Crippen LogP contribution in [0.3, 0.4) is 0 Å². The van der Waals surface area contributed by atoms with Crippen molar-refractivity contribution in [3.8, 4) is 5.75 Å². The van der Waals surface area contributed by atoms with E-state index in [4.69, 9.17) is 15.2 Å². The van der Waals surface area contributed by atoms with Gasteiger partial charge in [0.25, 0.3) is 5.91 Å². The van der Waals surface area contributed by atoms with E-state index in [1.807, 2.05) is 6.92 Å². The van der Waals surface area contributed by atoms with Gasteiger partial charge in [-0.15, -0.1) is 0 Å². The minimum atomic E-state index is -0.134. The number of amides is 1. The lowest BCUT2D eigenvalue weighted by Crippen LogP contribution is -2.25. The maximum absolute atomic E-state index is 11.8. The highest BCUT2D eigenvalue weighted by Crippen LogP contribution is 2.22. The number of rotatable bonds is 8. The Hall–Kier alpha value is -1.75. The van der Waals surface area contributed by atoms with Crippen molar-refractivity contribution in [3.05, 3.63) is 23.8 Å². The Morgan fingerprint density at radius 1 is 1.37 bits per heavy atom. The van der Waals surface area contributed by atoms with Gasteiger partial charge in [-0.2, -0.15) is 0 Å². The number of benzene rings is 1. The third-order valence-corrected chi connectivity index (χ3v) is 2.54. The van der Waals surface area contributed by atoms with Crippen LogP contribution >= 0.6 is 0 Å². The van der Waals surface area contributed by atoms with E-state index < -0.39 is 0 Å². The number of carbonyl (C=O) groups excluding carboxylic acids is 1. The number of carbonyl (C=O) groups is 1. The molecule has 0 spiro atoms. The average Bonchev–Trinajstić information content (AvgIpc) is 2.42. The minimum Gasteiger partial charge on any atom is -0.491 e. The highest BCUT2D eigenvalue weighted by molar-refractivity contribution is 5.95. The molecule has 0 saturated heterocycles. The molecule has 106 valence electrons. The first-order valence-electron chi connectivity index (χ1n) is 6.48. The second-order valence-electron chi connectivity index (χ2n) is 4.20. The quantitative estimate of drug-likeness (QED) is 0.556. The third kappa shape index (κ3) is 5.18. The Balaban J connectivity index is 2.54. The van der Waals surface area contributed by atoms with Crippen molar-refractivity contribution in [3.63, 3.8) is 0 Å². The van der Waals surface area contributed by atoms with Crippen LogP contribution in [0.15, 0.2) is 18.2 Å². The maximum atomic E-state index is 11.8. The van der Waals surface area contributed by atoms with Crippen LogP contribution in [-0.2, 0) is 4.74 Å². The molecule has 0 aliphatic rings. The molecule has 1 aromatic carbocycles. The van der Waals surface area contributed by atoms with Crippen molar-refractivity contribution in [2.24, 2.45) is 0 Å². The first-order valence-corrected chi connectivity index (χ1v) is 6.48. The van der Waals surface area contributed by atoms with Crippen LogP contribution in [0.4, 0.5) is 5.69 Å². The topological polar surface area (TPSA) is 73.6 Å². The van der Waals surface area contributed by atoms with Crippen LogP contribution in [0.5, 0.6) is 5.75 Å². The Labute approximate surface area is 114 Å². The first-order chi connectivity index (χ1) is 9.19. The van der Waals surface area contributed by atoms with Crippen LogP contribution in [0, 0.1) is 0 Å². The maximum Gasteiger partial charge on any atom is 0.251 e. The molecule has 0 unspecified atom stereocenters.